The molecule has 0 aliphatic carbocycles. The van der Waals surface area contributed by atoms with Crippen LogP contribution in [0.3, 0.4) is 0 Å². The molecule has 16 heavy (non-hydrogen) atoms. The molecule has 0 saturated carbocycles. The monoisotopic (exact) mass is 242 g/mol. The lowest BCUT2D eigenvalue weighted by Gasteiger charge is -2.33. The standard InChI is InChI=1S/C12H22N2OS/c15-12(10-16)14-7-3-11(4-8-14)9-13-5-1-2-6-13/h11,16H,1-10H2. The van der Waals surface area contributed by atoms with Gasteiger partial charge in [0, 0.05) is 19.6 Å². The fourth-order valence-electron chi connectivity index (χ4n) is 2.80. The van der Waals surface area contributed by atoms with Crippen LogP contribution in [0.1, 0.15) is 25.7 Å². The van der Waals surface area contributed by atoms with E-state index in [2.05, 4.69) is 17.5 Å². The third kappa shape index (κ3) is 3.14. The highest BCUT2D eigenvalue weighted by Gasteiger charge is 2.24. The van der Waals surface area contributed by atoms with Gasteiger partial charge in [0.05, 0.1) is 5.75 Å². The van der Waals surface area contributed by atoms with Gasteiger partial charge in [-0.3, -0.25) is 4.79 Å². The Bertz CT molecular complexity index is 233. The van der Waals surface area contributed by atoms with E-state index in [0.29, 0.717) is 5.75 Å². The molecule has 2 rings (SSSR count). The van der Waals surface area contributed by atoms with Crippen LogP contribution in [-0.4, -0.2) is 54.2 Å². The van der Waals surface area contributed by atoms with Gasteiger partial charge in [-0.2, -0.15) is 12.6 Å². The van der Waals surface area contributed by atoms with Gasteiger partial charge in [0.2, 0.25) is 5.91 Å². The average Bonchev–Trinajstić information content (AvgIpc) is 2.82. The van der Waals surface area contributed by atoms with Crippen LogP contribution in [0, 0.1) is 5.92 Å². The molecule has 2 aliphatic heterocycles. The summed E-state index contributed by atoms with van der Waals surface area (Å²) in [5.41, 5.74) is 0. The molecule has 0 aromatic rings. The fraction of sp³-hybridized carbons (Fsp3) is 0.917. The molecular formula is C12H22N2OS. The third-order valence-electron chi connectivity index (χ3n) is 3.82. The van der Waals surface area contributed by atoms with E-state index in [1.807, 2.05) is 4.90 Å². The van der Waals surface area contributed by atoms with Crippen LogP contribution in [0.4, 0.5) is 0 Å². The van der Waals surface area contributed by atoms with E-state index in [9.17, 15) is 4.79 Å². The molecule has 1 amide bonds. The van der Waals surface area contributed by atoms with Crippen molar-refractivity contribution in [2.75, 3.05) is 38.5 Å². The van der Waals surface area contributed by atoms with Gasteiger partial charge in [0.25, 0.3) is 0 Å². The Morgan fingerprint density at radius 2 is 1.75 bits per heavy atom. The number of carbonyl (C=O) groups is 1. The Balaban J connectivity index is 1.70. The first kappa shape index (κ1) is 12.2. The fourth-order valence-corrected chi connectivity index (χ4v) is 3.00. The Morgan fingerprint density at radius 1 is 1.12 bits per heavy atom. The van der Waals surface area contributed by atoms with Crippen LogP contribution in [0.15, 0.2) is 0 Å². The second-order valence-electron chi connectivity index (χ2n) is 4.99. The highest BCUT2D eigenvalue weighted by molar-refractivity contribution is 7.81. The lowest BCUT2D eigenvalue weighted by Crippen LogP contribution is -2.41. The summed E-state index contributed by atoms with van der Waals surface area (Å²) in [5.74, 6) is 1.36. The molecule has 0 N–H and O–H groups in total. The maximum atomic E-state index is 11.5. The summed E-state index contributed by atoms with van der Waals surface area (Å²) in [6.07, 6.45) is 5.10. The summed E-state index contributed by atoms with van der Waals surface area (Å²) in [6, 6.07) is 0. The molecule has 0 atom stereocenters. The van der Waals surface area contributed by atoms with Crippen LogP contribution in [0.2, 0.25) is 0 Å². The quantitative estimate of drug-likeness (QED) is 0.753. The number of carbonyl (C=O) groups excluding carboxylic acids is 1. The summed E-state index contributed by atoms with van der Waals surface area (Å²) < 4.78 is 0. The lowest BCUT2D eigenvalue weighted by atomic mass is 9.96. The van der Waals surface area contributed by atoms with Crippen LogP contribution >= 0.6 is 12.6 Å². The molecule has 0 aromatic carbocycles. The number of nitrogens with zero attached hydrogens (tertiary/aromatic N) is 2. The maximum Gasteiger partial charge on any atom is 0.232 e. The molecule has 0 unspecified atom stereocenters. The molecule has 0 aromatic heterocycles. The number of rotatable bonds is 3. The Morgan fingerprint density at radius 3 is 2.31 bits per heavy atom. The molecule has 2 fully saturated rings. The summed E-state index contributed by atoms with van der Waals surface area (Å²) in [6.45, 7) is 5.71. The summed E-state index contributed by atoms with van der Waals surface area (Å²) in [7, 11) is 0. The van der Waals surface area contributed by atoms with Crippen molar-refractivity contribution in [3.05, 3.63) is 0 Å². The minimum Gasteiger partial charge on any atom is -0.342 e. The molecule has 2 heterocycles. The van der Waals surface area contributed by atoms with Crippen LogP contribution in [0.5, 0.6) is 0 Å². The van der Waals surface area contributed by atoms with E-state index in [1.165, 1.54) is 45.3 Å². The molecule has 4 heteroatoms. The maximum absolute atomic E-state index is 11.5. The number of amides is 1. The van der Waals surface area contributed by atoms with Crippen molar-refractivity contribution in [1.82, 2.24) is 9.80 Å². The smallest absolute Gasteiger partial charge is 0.232 e. The summed E-state index contributed by atoms with van der Waals surface area (Å²) in [4.78, 5) is 16.0. The number of thiol groups is 1. The van der Waals surface area contributed by atoms with Gasteiger partial charge >= 0.3 is 0 Å². The molecule has 92 valence electrons. The minimum absolute atomic E-state index is 0.197. The summed E-state index contributed by atoms with van der Waals surface area (Å²) >= 11 is 4.04. The van der Waals surface area contributed by atoms with Crippen molar-refractivity contribution >= 4 is 18.5 Å². The zero-order valence-electron chi connectivity index (χ0n) is 9.90. The number of hydrogen-bond acceptors (Lipinski definition) is 3. The SMILES string of the molecule is O=C(CS)N1CCC(CN2CCCC2)CC1. The first-order chi connectivity index (χ1) is 7.79. The second kappa shape index (κ2) is 5.92. The Labute approximate surface area is 104 Å². The molecule has 2 saturated heterocycles. The molecule has 0 bridgehead atoms. The molecule has 2 aliphatic rings. The van der Waals surface area contributed by atoms with E-state index in [0.717, 1.165) is 19.0 Å². The van der Waals surface area contributed by atoms with Gasteiger partial charge in [-0.05, 0) is 44.7 Å². The minimum atomic E-state index is 0.197. The zero-order chi connectivity index (χ0) is 11.4. The van der Waals surface area contributed by atoms with Crippen molar-refractivity contribution in [1.29, 1.82) is 0 Å². The topological polar surface area (TPSA) is 23.6 Å². The second-order valence-corrected chi connectivity index (χ2v) is 5.31. The predicted molar refractivity (Wildman–Crippen MR) is 68.8 cm³/mol. The van der Waals surface area contributed by atoms with Crippen molar-refractivity contribution in [3.8, 4) is 0 Å². The summed E-state index contributed by atoms with van der Waals surface area (Å²) in [5, 5.41) is 0. The van der Waals surface area contributed by atoms with Crippen molar-refractivity contribution < 1.29 is 4.79 Å². The van der Waals surface area contributed by atoms with Crippen LogP contribution < -0.4 is 0 Å². The highest BCUT2D eigenvalue weighted by Crippen LogP contribution is 2.20. The molecule has 3 nitrogen and oxygen atoms in total. The number of likely N-dealkylation sites (tertiary alicyclic amines) is 2. The van der Waals surface area contributed by atoms with E-state index >= 15 is 0 Å². The average molecular weight is 242 g/mol. The predicted octanol–water partition coefficient (Wildman–Crippen LogP) is 1.25. The normalized spacial score (nSPS) is 23.9. The van der Waals surface area contributed by atoms with E-state index < -0.39 is 0 Å². The van der Waals surface area contributed by atoms with Gasteiger partial charge in [-0.1, -0.05) is 0 Å². The zero-order valence-corrected chi connectivity index (χ0v) is 10.8. The van der Waals surface area contributed by atoms with Crippen molar-refractivity contribution in [3.63, 3.8) is 0 Å². The Hall–Kier alpha value is -0.220. The van der Waals surface area contributed by atoms with E-state index in [-0.39, 0.29) is 5.91 Å². The van der Waals surface area contributed by atoms with Crippen LogP contribution in [0.25, 0.3) is 0 Å². The number of piperidine rings is 1. The largest absolute Gasteiger partial charge is 0.342 e. The van der Waals surface area contributed by atoms with Gasteiger partial charge in [-0.25, -0.2) is 0 Å². The van der Waals surface area contributed by atoms with Crippen LogP contribution in [-0.2, 0) is 4.79 Å². The van der Waals surface area contributed by atoms with Crippen molar-refractivity contribution in [2.45, 2.75) is 25.7 Å². The van der Waals surface area contributed by atoms with E-state index in [1.54, 1.807) is 0 Å². The Kier molecular flexibility index (Phi) is 4.53. The van der Waals surface area contributed by atoms with Crippen molar-refractivity contribution in [2.24, 2.45) is 5.92 Å². The third-order valence-corrected chi connectivity index (χ3v) is 4.09. The molecule has 0 spiro atoms. The molecular weight excluding hydrogens is 220 g/mol. The van der Waals surface area contributed by atoms with Gasteiger partial charge in [0.15, 0.2) is 0 Å². The van der Waals surface area contributed by atoms with Gasteiger partial charge < -0.3 is 9.80 Å². The lowest BCUT2D eigenvalue weighted by molar-refractivity contribution is -0.129. The first-order valence-corrected chi connectivity index (χ1v) is 7.04. The first-order valence-electron chi connectivity index (χ1n) is 6.40. The van der Waals surface area contributed by atoms with Gasteiger partial charge in [0.1, 0.15) is 0 Å². The van der Waals surface area contributed by atoms with E-state index in [4.69, 9.17) is 0 Å². The number of hydrogen-bond donors (Lipinski definition) is 1. The molecule has 0 radical (unpaired) electrons. The van der Waals surface area contributed by atoms with Gasteiger partial charge in [-0.15, -0.1) is 0 Å². The highest BCUT2D eigenvalue weighted by atomic mass is 32.1.